The molecule has 1 saturated heterocycles. The number of nitrogens with zero attached hydrogens (tertiary/aromatic N) is 2. The van der Waals surface area contributed by atoms with E-state index >= 15 is 0 Å². The zero-order valence-corrected chi connectivity index (χ0v) is 18.9. The number of benzene rings is 2. The Labute approximate surface area is 195 Å². The monoisotopic (exact) mass is 468 g/mol. The van der Waals surface area contributed by atoms with Crippen LogP contribution in [0.3, 0.4) is 0 Å². The van der Waals surface area contributed by atoms with Gasteiger partial charge in [0, 0.05) is 37.3 Å². The van der Waals surface area contributed by atoms with Crippen LogP contribution in [0.25, 0.3) is 0 Å². The molecule has 9 heteroatoms. The third kappa shape index (κ3) is 6.19. The summed E-state index contributed by atoms with van der Waals surface area (Å²) in [6.45, 7) is 2.05. The second-order valence-corrected chi connectivity index (χ2v) is 9.20. The van der Waals surface area contributed by atoms with E-state index in [1.165, 1.54) is 30.3 Å². The second-order valence-electron chi connectivity index (χ2n) is 8.03. The van der Waals surface area contributed by atoms with E-state index in [0.717, 1.165) is 36.7 Å². The lowest BCUT2D eigenvalue weighted by atomic mass is 10.1. The molecule has 172 valence electrons. The maximum absolute atomic E-state index is 13.0. The van der Waals surface area contributed by atoms with Gasteiger partial charge in [-0.1, -0.05) is 30.0 Å². The van der Waals surface area contributed by atoms with E-state index in [1.54, 1.807) is 36.4 Å². The average Bonchev–Trinajstić information content (AvgIpc) is 3.19. The van der Waals surface area contributed by atoms with Crippen molar-refractivity contribution in [3.8, 4) is 0 Å². The van der Waals surface area contributed by atoms with Crippen molar-refractivity contribution < 1.29 is 18.8 Å². The van der Waals surface area contributed by atoms with Crippen LogP contribution < -0.4 is 10.6 Å². The van der Waals surface area contributed by atoms with Gasteiger partial charge in [-0.05, 0) is 55.2 Å². The van der Waals surface area contributed by atoms with Gasteiger partial charge in [0.15, 0.2) is 5.17 Å². The van der Waals surface area contributed by atoms with E-state index in [-0.39, 0.29) is 36.5 Å². The van der Waals surface area contributed by atoms with E-state index in [2.05, 4.69) is 20.5 Å². The summed E-state index contributed by atoms with van der Waals surface area (Å²) in [6.07, 6.45) is 3.39. The molecule has 0 spiro atoms. The number of aliphatic imine (C=N–C) groups is 1. The van der Waals surface area contributed by atoms with E-state index in [1.807, 2.05) is 0 Å². The number of anilines is 1. The standard InChI is InChI=1S/C24H25FN4O3S/c25-18-9-7-16(8-10-18)15-26-22(31)17-5-4-6-19(13-17)27-21(30)14-20-23(32)28-24(33-20)29-11-2-1-3-12-29/h4-10,13,20H,1-3,11-12,14-15H2,(H,26,31)(H,27,30)/t20-/m1/s1. The van der Waals surface area contributed by atoms with Crippen LogP contribution in [0, 0.1) is 5.82 Å². The number of piperidine rings is 1. The highest BCUT2D eigenvalue weighted by Crippen LogP contribution is 2.29. The predicted octanol–water partition coefficient (Wildman–Crippen LogP) is 3.57. The molecule has 0 aliphatic carbocycles. The number of carbonyl (C=O) groups excluding carboxylic acids is 3. The summed E-state index contributed by atoms with van der Waals surface area (Å²) in [6, 6.07) is 12.5. The van der Waals surface area contributed by atoms with E-state index < -0.39 is 5.25 Å². The van der Waals surface area contributed by atoms with Gasteiger partial charge in [-0.2, -0.15) is 4.99 Å². The maximum Gasteiger partial charge on any atom is 0.262 e. The van der Waals surface area contributed by atoms with Crippen LogP contribution in [-0.4, -0.2) is 46.1 Å². The summed E-state index contributed by atoms with van der Waals surface area (Å²) in [4.78, 5) is 43.6. The van der Waals surface area contributed by atoms with Crippen molar-refractivity contribution in [3.05, 3.63) is 65.5 Å². The van der Waals surface area contributed by atoms with Crippen LogP contribution >= 0.6 is 11.8 Å². The molecule has 2 aliphatic rings. The quantitative estimate of drug-likeness (QED) is 0.677. The lowest BCUT2D eigenvalue weighted by molar-refractivity contribution is -0.121. The predicted molar refractivity (Wildman–Crippen MR) is 127 cm³/mol. The molecule has 0 bridgehead atoms. The zero-order chi connectivity index (χ0) is 23.2. The minimum Gasteiger partial charge on any atom is -0.351 e. The Morgan fingerprint density at radius 1 is 1.09 bits per heavy atom. The highest BCUT2D eigenvalue weighted by Gasteiger charge is 2.33. The highest BCUT2D eigenvalue weighted by molar-refractivity contribution is 8.15. The Kier molecular flexibility index (Phi) is 7.39. The van der Waals surface area contributed by atoms with Gasteiger partial charge in [0.2, 0.25) is 5.91 Å². The van der Waals surface area contributed by atoms with Crippen molar-refractivity contribution in [2.24, 2.45) is 4.99 Å². The molecule has 2 aliphatic heterocycles. The van der Waals surface area contributed by atoms with Gasteiger partial charge < -0.3 is 15.5 Å². The van der Waals surface area contributed by atoms with Gasteiger partial charge in [-0.15, -0.1) is 0 Å². The number of thioether (sulfide) groups is 1. The summed E-state index contributed by atoms with van der Waals surface area (Å²) in [5, 5.41) is 5.74. The molecule has 2 aromatic carbocycles. The average molecular weight is 469 g/mol. The fourth-order valence-corrected chi connectivity index (χ4v) is 4.85. The summed E-state index contributed by atoms with van der Waals surface area (Å²) in [5.41, 5.74) is 1.64. The van der Waals surface area contributed by atoms with Gasteiger partial charge in [0.1, 0.15) is 11.1 Å². The molecule has 3 amide bonds. The molecule has 0 saturated carbocycles. The molecule has 33 heavy (non-hydrogen) atoms. The summed E-state index contributed by atoms with van der Waals surface area (Å²) >= 11 is 1.36. The third-order valence-corrected chi connectivity index (χ3v) is 6.71. The Balaban J connectivity index is 1.29. The minimum absolute atomic E-state index is 0.0192. The number of likely N-dealkylation sites (tertiary alicyclic amines) is 1. The Morgan fingerprint density at radius 2 is 1.85 bits per heavy atom. The van der Waals surface area contributed by atoms with Crippen molar-refractivity contribution in [2.45, 2.75) is 37.5 Å². The molecule has 2 N–H and O–H groups in total. The van der Waals surface area contributed by atoms with Crippen LogP contribution in [0.2, 0.25) is 0 Å². The number of halogens is 1. The van der Waals surface area contributed by atoms with Crippen LogP contribution in [0.4, 0.5) is 10.1 Å². The van der Waals surface area contributed by atoms with Gasteiger partial charge in [-0.25, -0.2) is 4.39 Å². The molecule has 2 heterocycles. The fraction of sp³-hybridized carbons (Fsp3) is 0.333. The van der Waals surface area contributed by atoms with Crippen LogP contribution in [-0.2, 0) is 16.1 Å². The number of rotatable bonds is 6. The van der Waals surface area contributed by atoms with Gasteiger partial charge >= 0.3 is 0 Å². The van der Waals surface area contributed by atoms with E-state index in [4.69, 9.17) is 0 Å². The van der Waals surface area contributed by atoms with Gasteiger partial charge in [0.05, 0.1) is 0 Å². The number of hydrogen-bond acceptors (Lipinski definition) is 5. The topological polar surface area (TPSA) is 90.9 Å². The minimum atomic E-state index is -0.524. The molecule has 7 nitrogen and oxygen atoms in total. The second kappa shape index (κ2) is 10.6. The SMILES string of the molecule is O=C(C[C@H]1SC(N2CCCCC2)=NC1=O)Nc1cccc(C(=O)NCc2ccc(F)cc2)c1. The summed E-state index contributed by atoms with van der Waals surface area (Å²) in [5.74, 6) is -1.22. The van der Waals surface area contributed by atoms with Crippen molar-refractivity contribution in [1.82, 2.24) is 10.2 Å². The number of hydrogen-bond donors (Lipinski definition) is 2. The van der Waals surface area contributed by atoms with Gasteiger partial charge in [0.25, 0.3) is 11.8 Å². The van der Waals surface area contributed by atoms with Crippen molar-refractivity contribution >= 4 is 40.3 Å². The molecular weight excluding hydrogens is 443 g/mol. The largest absolute Gasteiger partial charge is 0.351 e. The molecule has 0 unspecified atom stereocenters. The van der Waals surface area contributed by atoms with E-state index in [0.29, 0.717) is 11.3 Å². The zero-order valence-electron chi connectivity index (χ0n) is 18.1. The Morgan fingerprint density at radius 3 is 2.61 bits per heavy atom. The Bertz CT molecular complexity index is 1070. The first-order valence-electron chi connectivity index (χ1n) is 10.9. The molecule has 0 aromatic heterocycles. The number of nitrogens with one attached hydrogen (secondary N) is 2. The lowest BCUT2D eigenvalue weighted by Gasteiger charge is -2.27. The highest BCUT2D eigenvalue weighted by atomic mass is 32.2. The molecule has 0 radical (unpaired) electrons. The van der Waals surface area contributed by atoms with Crippen molar-refractivity contribution in [3.63, 3.8) is 0 Å². The van der Waals surface area contributed by atoms with Crippen molar-refractivity contribution in [2.75, 3.05) is 18.4 Å². The fourth-order valence-electron chi connectivity index (χ4n) is 3.73. The number of carbonyl (C=O) groups is 3. The van der Waals surface area contributed by atoms with Crippen LogP contribution in [0.15, 0.2) is 53.5 Å². The summed E-state index contributed by atoms with van der Waals surface area (Å²) in [7, 11) is 0. The third-order valence-electron chi connectivity index (χ3n) is 5.50. The Hall–Kier alpha value is -3.20. The normalized spacial score (nSPS) is 18.1. The number of amides is 3. The first-order valence-corrected chi connectivity index (χ1v) is 11.8. The van der Waals surface area contributed by atoms with Crippen molar-refractivity contribution in [1.29, 1.82) is 0 Å². The summed E-state index contributed by atoms with van der Waals surface area (Å²) < 4.78 is 13.0. The molecule has 1 atom stereocenters. The maximum atomic E-state index is 13.0. The lowest BCUT2D eigenvalue weighted by Crippen LogP contribution is -2.33. The first-order chi connectivity index (χ1) is 16.0. The first kappa shape index (κ1) is 23.0. The molecule has 1 fully saturated rings. The molecule has 4 rings (SSSR count). The van der Waals surface area contributed by atoms with Crippen LogP contribution in [0.1, 0.15) is 41.6 Å². The van der Waals surface area contributed by atoms with E-state index in [9.17, 15) is 18.8 Å². The number of amidine groups is 1. The molecule has 2 aromatic rings. The van der Waals surface area contributed by atoms with Crippen LogP contribution in [0.5, 0.6) is 0 Å². The molecular formula is C24H25FN4O3S. The van der Waals surface area contributed by atoms with Gasteiger partial charge in [-0.3, -0.25) is 14.4 Å². The smallest absolute Gasteiger partial charge is 0.262 e.